The molecule has 1 heterocycles. The Morgan fingerprint density at radius 2 is 1.88 bits per heavy atom. The molecule has 1 N–H and O–H groups in total. The summed E-state index contributed by atoms with van der Waals surface area (Å²) in [6.07, 6.45) is -0.551. The molecule has 5 heteroatoms. The molecule has 1 saturated heterocycles. The fourth-order valence-corrected chi connectivity index (χ4v) is 2.81. The molecule has 1 aliphatic heterocycles. The third-order valence-electron chi connectivity index (χ3n) is 4.24. The molecule has 0 radical (unpaired) electrons. The Bertz CT molecular complexity index is 698. The van der Waals surface area contributed by atoms with Gasteiger partial charge in [0.25, 0.3) is 5.91 Å². The van der Waals surface area contributed by atoms with Crippen molar-refractivity contribution >= 4 is 5.91 Å². The van der Waals surface area contributed by atoms with Crippen LogP contribution in [0.15, 0.2) is 54.6 Å². The monoisotopic (exact) mass is 341 g/mol. The summed E-state index contributed by atoms with van der Waals surface area (Å²) in [5, 5.41) is 9.16. The highest BCUT2D eigenvalue weighted by Gasteiger charge is 2.34. The van der Waals surface area contributed by atoms with E-state index in [2.05, 4.69) is 0 Å². The van der Waals surface area contributed by atoms with Crippen molar-refractivity contribution in [3.05, 3.63) is 60.2 Å². The number of para-hydroxylation sites is 1. The van der Waals surface area contributed by atoms with Crippen LogP contribution in [-0.2, 0) is 11.4 Å². The fourth-order valence-electron chi connectivity index (χ4n) is 2.81. The number of benzene rings is 2. The third-order valence-corrected chi connectivity index (χ3v) is 4.24. The maximum atomic E-state index is 12.4. The lowest BCUT2D eigenvalue weighted by molar-refractivity contribution is -0.145. The SMILES string of the molecule is CC(Oc1cccc(CO)c1)C(=O)N1CC(COc2ccccc2)C1. The first-order chi connectivity index (χ1) is 12.2. The van der Waals surface area contributed by atoms with Gasteiger partial charge in [-0.1, -0.05) is 30.3 Å². The van der Waals surface area contributed by atoms with E-state index in [9.17, 15) is 4.79 Å². The van der Waals surface area contributed by atoms with Crippen LogP contribution in [0.5, 0.6) is 11.5 Å². The molecule has 1 atom stereocenters. The predicted molar refractivity (Wildman–Crippen MR) is 94.5 cm³/mol. The maximum Gasteiger partial charge on any atom is 0.263 e. The van der Waals surface area contributed by atoms with Gasteiger partial charge in [-0.05, 0) is 36.8 Å². The van der Waals surface area contributed by atoms with Crippen LogP contribution in [0.2, 0.25) is 0 Å². The number of aliphatic hydroxyl groups is 1. The van der Waals surface area contributed by atoms with E-state index in [1.165, 1.54) is 0 Å². The first-order valence-electron chi connectivity index (χ1n) is 8.49. The Hall–Kier alpha value is -2.53. The minimum absolute atomic E-state index is 0.0228. The van der Waals surface area contributed by atoms with Gasteiger partial charge in [0, 0.05) is 19.0 Å². The number of amides is 1. The number of rotatable bonds is 7. The lowest BCUT2D eigenvalue weighted by Crippen LogP contribution is -2.55. The molecule has 3 rings (SSSR count). The van der Waals surface area contributed by atoms with Crippen LogP contribution in [0.1, 0.15) is 12.5 Å². The number of nitrogens with zero attached hydrogens (tertiary/aromatic N) is 1. The van der Waals surface area contributed by atoms with Crippen molar-refractivity contribution in [3.8, 4) is 11.5 Å². The summed E-state index contributed by atoms with van der Waals surface area (Å²) in [5.41, 5.74) is 0.763. The number of hydrogen-bond acceptors (Lipinski definition) is 4. The zero-order valence-electron chi connectivity index (χ0n) is 14.3. The highest BCUT2D eigenvalue weighted by Crippen LogP contribution is 2.21. The second kappa shape index (κ2) is 8.03. The molecular weight excluding hydrogens is 318 g/mol. The summed E-state index contributed by atoms with van der Waals surface area (Å²) in [6, 6.07) is 16.8. The normalized spacial score (nSPS) is 15.4. The largest absolute Gasteiger partial charge is 0.493 e. The number of carbonyl (C=O) groups is 1. The number of carbonyl (C=O) groups excluding carboxylic acids is 1. The van der Waals surface area contributed by atoms with E-state index in [0.717, 1.165) is 11.3 Å². The zero-order chi connectivity index (χ0) is 17.6. The molecule has 25 heavy (non-hydrogen) atoms. The van der Waals surface area contributed by atoms with Gasteiger partial charge < -0.3 is 19.5 Å². The molecule has 1 unspecified atom stereocenters. The molecule has 1 amide bonds. The molecule has 0 spiro atoms. The Kier molecular flexibility index (Phi) is 5.56. The number of hydrogen-bond donors (Lipinski definition) is 1. The van der Waals surface area contributed by atoms with Gasteiger partial charge in [0.2, 0.25) is 0 Å². The van der Waals surface area contributed by atoms with Gasteiger partial charge >= 0.3 is 0 Å². The minimum Gasteiger partial charge on any atom is -0.493 e. The average Bonchev–Trinajstić information content (AvgIpc) is 2.61. The van der Waals surface area contributed by atoms with Crippen molar-refractivity contribution in [1.29, 1.82) is 0 Å². The number of likely N-dealkylation sites (tertiary alicyclic amines) is 1. The van der Waals surface area contributed by atoms with E-state index in [1.54, 1.807) is 30.0 Å². The quantitative estimate of drug-likeness (QED) is 0.841. The van der Waals surface area contributed by atoms with Crippen molar-refractivity contribution in [2.75, 3.05) is 19.7 Å². The molecule has 5 nitrogen and oxygen atoms in total. The van der Waals surface area contributed by atoms with Crippen LogP contribution in [0.25, 0.3) is 0 Å². The van der Waals surface area contributed by atoms with Crippen LogP contribution in [0, 0.1) is 5.92 Å². The Morgan fingerprint density at radius 1 is 1.16 bits per heavy atom. The molecular formula is C20H23NO4. The van der Waals surface area contributed by atoms with E-state index in [1.807, 2.05) is 36.4 Å². The summed E-state index contributed by atoms with van der Waals surface area (Å²) in [4.78, 5) is 14.2. The smallest absolute Gasteiger partial charge is 0.263 e. The van der Waals surface area contributed by atoms with Gasteiger partial charge in [0.05, 0.1) is 13.2 Å². The van der Waals surface area contributed by atoms with Gasteiger partial charge in [-0.2, -0.15) is 0 Å². The lowest BCUT2D eigenvalue weighted by Gasteiger charge is -2.40. The van der Waals surface area contributed by atoms with Gasteiger partial charge in [-0.25, -0.2) is 0 Å². The van der Waals surface area contributed by atoms with E-state index < -0.39 is 6.10 Å². The van der Waals surface area contributed by atoms with Crippen molar-refractivity contribution in [1.82, 2.24) is 4.90 Å². The van der Waals surface area contributed by atoms with E-state index in [4.69, 9.17) is 14.6 Å². The standard InChI is InChI=1S/C20H23NO4/c1-15(25-19-9-5-6-16(10-19)13-22)20(23)21-11-17(12-21)14-24-18-7-3-2-4-8-18/h2-10,15,17,22H,11-14H2,1H3. The number of aliphatic hydroxyl groups excluding tert-OH is 1. The van der Waals surface area contributed by atoms with E-state index in [0.29, 0.717) is 31.4 Å². The van der Waals surface area contributed by atoms with Gasteiger partial charge in [-0.3, -0.25) is 4.79 Å². The molecule has 0 saturated carbocycles. The van der Waals surface area contributed by atoms with Crippen LogP contribution in [-0.4, -0.2) is 41.7 Å². The second-order valence-electron chi connectivity index (χ2n) is 6.30. The third kappa shape index (κ3) is 4.51. The minimum atomic E-state index is -0.551. The van der Waals surface area contributed by atoms with Crippen LogP contribution >= 0.6 is 0 Å². The van der Waals surface area contributed by atoms with Crippen LogP contribution in [0.4, 0.5) is 0 Å². The topological polar surface area (TPSA) is 59.0 Å². The maximum absolute atomic E-state index is 12.4. The van der Waals surface area contributed by atoms with Gasteiger partial charge in [-0.15, -0.1) is 0 Å². The molecule has 2 aromatic carbocycles. The summed E-state index contributed by atoms with van der Waals surface area (Å²) >= 11 is 0. The summed E-state index contributed by atoms with van der Waals surface area (Å²) in [7, 11) is 0. The van der Waals surface area contributed by atoms with Crippen LogP contribution in [0.3, 0.4) is 0 Å². The molecule has 0 aromatic heterocycles. The Morgan fingerprint density at radius 3 is 2.60 bits per heavy atom. The highest BCUT2D eigenvalue weighted by atomic mass is 16.5. The molecule has 0 aliphatic carbocycles. The summed E-state index contributed by atoms with van der Waals surface area (Å²) in [5.74, 6) is 1.78. The molecule has 132 valence electrons. The second-order valence-corrected chi connectivity index (χ2v) is 6.30. The predicted octanol–water partition coefficient (Wildman–Crippen LogP) is 2.48. The highest BCUT2D eigenvalue weighted by molar-refractivity contribution is 5.81. The Balaban J connectivity index is 1.43. The van der Waals surface area contributed by atoms with Gasteiger partial charge in [0.15, 0.2) is 6.10 Å². The van der Waals surface area contributed by atoms with Crippen molar-refractivity contribution in [2.24, 2.45) is 5.92 Å². The van der Waals surface area contributed by atoms with Gasteiger partial charge in [0.1, 0.15) is 11.5 Å². The summed E-state index contributed by atoms with van der Waals surface area (Å²) in [6.45, 7) is 3.70. The molecule has 2 aromatic rings. The lowest BCUT2D eigenvalue weighted by atomic mass is 10.0. The van der Waals surface area contributed by atoms with E-state index >= 15 is 0 Å². The van der Waals surface area contributed by atoms with Crippen LogP contribution < -0.4 is 9.47 Å². The molecule has 1 fully saturated rings. The zero-order valence-corrected chi connectivity index (χ0v) is 14.3. The molecule has 1 aliphatic rings. The Labute approximate surface area is 147 Å². The summed E-state index contributed by atoms with van der Waals surface area (Å²) < 4.78 is 11.4. The van der Waals surface area contributed by atoms with Crippen molar-refractivity contribution in [2.45, 2.75) is 19.6 Å². The molecule has 0 bridgehead atoms. The average molecular weight is 341 g/mol. The van der Waals surface area contributed by atoms with E-state index in [-0.39, 0.29) is 12.5 Å². The first-order valence-corrected chi connectivity index (χ1v) is 8.49. The van der Waals surface area contributed by atoms with Crippen molar-refractivity contribution < 1.29 is 19.4 Å². The number of ether oxygens (including phenoxy) is 2. The fraction of sp³-hybridized carbons (Fsp3) is 0.350. The van der Waals surface area contributed by atoms with Crippen molar-refractivity contribution in [3.63, 3.8) is 0 Å². The first kappa shape index (κ1) is 17.3.